The number of rotatable bonds is 5. The second kappa shape index (κ2) is 8.68. The van der Waals surface area contributed by atoms with Gasteiger partial charge < -0.3 is 10.8 Å². The Kier molecular flexibility index (Phi) is 5.64. The van der Waals surface area contributed by atoms with E-state index in [1.165, 1.54) is 35.5 Å². The van der Waals surface area contributed by atoms with Gasteiger partial charge in [0.05, 0.1) is 30.1 Å². The van der Waals surface area contributed by atoms with Crippen LogP contribution in [0, 0.1) is 5.92 Å². The molecule has 0 spiro atoms. The summed E-state index contributed by atoms with van der Waals surface area (Å²) in [5.41, 5.74) is 4.20. The zero-order chi connectivity index (χ0) is 25.5. The highest BCUT2D eigenvalue weighted by molar-refractivity contribution is 5.96. The molecule has 1 aromatic carbocycles. The molecule has 2 atom stereocenters. The smallest absolute Gasteiger partial charge is 0.392 e. The number of allylic oxidation sites excluding steroid dienone is 2. The summed E-state index contributed by atoms with van der Waals surface area (Å²) in [6.45, 7) is -0.511. The summed E-state index contributed by atoms with van der Waals surface area (Å²) >= 11 is 0. The molecule has 0 saturated heterocycles. The average Bonchev–Trinajstić information content (AvgIpc) is 3.29. The third-order valence-electron chi connectivity index (χ3n) is 6.14. The Morgan fingerprint density at radius 3 is 2.47 bits per heavy atom. The maximum Gasteiger partial charge on any atom is 0.396 e. The number of para-hydroxylation sites is 1. The predicted molar refractivity (Wildman–Crippen MR) is 124 cm³/mol. The van der Waals surface area contributed by atoms with E-state index in [-0.39, 0.29) is 33.6 Å². The third kappa shape index (κ3) is 3.64. The lowest BCUT2D eigenvalue weighted by Gasteiger charge is -2.39. The first-order valence-electron chi connectivity index (χ1n) is 10.8. The molecule has 1 amide bonds. The first kappa shape index (κ1) is 23.4. The van der Waals surface area contributed by atoms with Crippen LogP contribution in [0.4, 0.5) is 13.2 Å². The minimum atomic E-state index is -4.79. The van der Waals surface area contributed by atoms with Crippen molar-refractivity contribution in [3.05, 3.63) is 102 Å². The zero-order valence-electron chi connectivity index (χ0n) is 18.6. The summed E-state index contributed by atoms with van der Waals surface area (Å²) in [4.78, 5) is 24.8. The molecule has 0 bridgehead atoms. The number of aliphatic hydroxyl groups is 1. The average molecular weight is 492 g/mol. The molecule has 36 heavy (non-hydrogen) atoms. The fourth-order valence-corrected chi connectivity index (χ4v) is 4.66. The van der Waals surface area contributed by atoms with Crippen LogP contribution in [-0.2, 0) is 16.8 Å². The molecule has 3 heterocycles. The van der Waals surface area contributed by atoms with E-state index in [2.05, 4.69) is 20.1 Å². The van der Waals surface area contributed by atoms with Gasteiger partial charge in [-0.15, -0.1) is 0 Å². The molecule has 2 unspecified atom stereocenters. The first-order chi connectivity index (χ1) is 17.3. The predicted octanol–water partition coefficient (Wildman–Crippen LogP) is 3.15. The number of carbonyl (C=O) groups is 1. The summed E-state index contributed by atoms with van der Waals surface area (Å²) in [5.74, 6) is -3.32. The molecular weight excluding hydrogens is 473 g/mol. The Morgan fingerprint density at radius 2 is 1.83 bits per heavy atom. The van der Waals surface area contributed by atoms with Crippen molar-refractivity contribution in [3.63, 3.8) is 0 Å². The number of hydrogen-bond acceptors (Lipinski definition) is 6. The summed E-state index contributed by atoms with van der Waals surface area (Å²) < 4.78 is 45.8. The highest BCUT2D eigenvalue weighted by Gasteiger charge is 2.58. The highest BCUT2D eigenvalue weighted by Crippen LogP contribution is 2.52. The Bertz CT molecular complexity index is 1500. The number of carbonyl (C=O) groups excluding carboxylic acids is 1. The van der Waals surface area contributed by atoms with E-state index in [4.69, 9.17) is 5.73 Å². The Balaban J connectivity index is 2.03. The standard InChI is InChI=1S/C25H19F3N6O2/c26-25(27,28)19-8-7-15(22(29)36)11-24(19,23-31-9-4-10-32-23)21-20-16(14-35)12-30-13-18(20)33-34(21)17-5-2-1-3-6-17/h1-13,19,35H,14H2,(H2,29,36). The van der Waals surface area contributed by atoms with Crippen LogP contribution in [0.15, 0.2) is 85.0 Å². The van der Waals surface area contributed by atoms with Crippen LogP contribution in [0.2, 0.25) is 0 Å². The van der Waals surface area contributed by atoms with Crippen LogP contribution >= 0.6 is 0 Å². The lowest BCUT2D eigenvalue weighted by atomic mass is 9.66. The zero-order valence-corrected chi connectivity index (χ0v) is 18.6. The molecule has 5 rings (SSSR count). The van der Waals surface area contributed by atoms with E-state index in [0.717, 1.165) is 18.2 Å². The van der Waals surface area contributed by atoms with E-state index in [1.807, 2.05) is 0 Å². The summed E-state index contributed by atoms with van der Waals surface area (Å²) in [6, 6.07) is 10.0. The van der Waals surface area contributed by atoms with E-state index < -0.39 is 30.0 Å². The Hall–Kier alpha value is -4.38. The molecule has 182 valence electrons. The van der Waals surface area contributed by atoms with Gasteiger partial charge in [0, 0.05) is 35.1 Å². The maximum atomic E-state index is 14.8. The molecule has 11 heteroatoms. The number of primary amides is 1. The van der Waals surface area contributed by atoms with Gasteiger partial charge in [-0.1, -0.05) is 36.4 Å². The van der Waals surface area contributed by atoms with Crippen molar-refractivity contribution < 1.29 is 23.1 Å². The second-order valence-electron chi connectivity index (χ2n) is 8.23. The number of aliphatic hydroxyl groups excluding tert-OH is 1. The van der Waals surface area contributed by atoms with E-state index in [0.29, 0.717) is 5.69 Å². The van der Waals surface area contributed by atoms with Crippen LogP contribution in [0.3, 0.4) is 0 Å². The molecule has 1 aliphatic rings. The molecule has 8 nitrogen and oxygen atoms in total. The molecule has 4 aromatic rings. The van der Waals surface area contributed by atoms with Gasteiger partial charge in [-0.25, -0.2) is 14.6 Å². The minimum Gasteiger partial charge on any atom is -0.392 e. The summed E-state index contributed by atoms with van der Waals surface area (Å²) in [6.07, 6.45) is 3.73. The molecule has 0 radical (unpaired) electrons. The van der Waals surface area contributed by atoms with Crippen LogP contribution < -0.4 is 5.73 Å². The van der Waals surface area contributed by atoms with Crippen LogP contribution in [0.1, 0.15) is 17.1 Å². The quantitative estimate of drug-likeness (QED) is 0.442. The van der Waals surface area contributed by atoms with Crippen molar-refractivity contribution in [1.29, 1.82) is 0 Å². The third-order valence-corrected chi connectivity index (χ3v) is 6.14. The van der Waals surface area contributed by atoms with Gasteiger partial charge >= 0.3 is 6.18 Å². The second-order valence-corrected chi connectivity index (χ2v) is 8.23. The van der Waals surface area contributed by atoms with Crippen LogP contribution in [0.25, 0.3) is 16.6 Å². The minimum absolute atomic E-state index is 0.0202. The van der Waals surface area contributed by atoms with Crippen molar-refractivity contribution in [2.75, 3.05) is 0 Å². The lowest BCUT2D eigenvalue weighted by molar-refractivity contribution is -0.172. The number of nitrogens with two attached hydrogens (primary N) is 1. The number of halogens is 3. The molecule has 3 aromatic heterocycles. The van der Waals surface area contributed by atoms with Crippen molar-refractivity contribution in [3.8, 4) is 5.69 Å². The van der Waals surface area contributed by atoms with Crippen molar-refractivity contribution in [1.82, 2.24) is 24.7 Å². The molecule has 0 aliphatic heterocycles. The Labute approximate surface area is 202 Å². The molecule has 1 aliphatic carbocycles. The maximum absolute atomic E-state index is 14.8. The Morgan fingerprint density at radius 1 is 1.11 bits per heavy atom. The van der Waals surface area contributed by atoms with Gasteiger partial charge in [0.15, 0.2) is 0 Å². The fourth-order valence-electron chi connectivity index (χ4n) is 4.66. The number of benzene rings is 1. The van der Waals surface area contributed by atoms with Gasteiger partial charge in [-0.2, -0.15) is 18.3 Å². The van der Waals surface area contributed by atoms with E-state index in [9.17, 15) is 23.1 Å². The lowest BCUT2D eigenvalue weighted by Crippen LogP contribution is -2.47. The van der Waals surface area contributed by atoms with Crippen molar-refractivity contribution in [2.24, 2.45) is 11.7 Å². The fraction of sp³-hybridized carbons (Fsp3) is 0.160. The van der Waals surface area contributed by atoms with Crippen LogP contribution in [-0.4, -0.2) is 41.9 Å². The number of fused-ring (bicyclic) bond motifs is 1. The molecular formula is C25H19F3N6O2. The van der Waals surface area contributed by atoms with Gasteiger partial charge in [0.1, 0.15) is 16.8 Å². The van der Waals surface area contributed by atoms with Gasteiger partial charge in [-0.05, 0) is 18.2 Å². The van der Waals surface area contributed by atoms with E-state index in [1.54, 1.807) is 30.3 Å². The number of hydrogen-bond donors (Lipinski definition) is 2. The number of nitrogens with zero attached hydrogens (tertiary/aromatic N) is 5. The van der Waals surface area contributed by atoms with Gasteiger partial charge in [-0.3, -0.25) is 9.78 Å². The topological polar surface area (TPSA) is 120 Å². The highest BCUT2D eigenvalue weighted by atomic mass is 19.4. The number of alkyl halides is 3. The molecule has 0 saturated carbocycles. The van der Waals surface area contributed by atoms with Crippen molar-refractivity contribution >= 4 is 16.8 Å². The summed E-state index contributed by atoms with van der Waals surface area (Å²) in [7, 11) is 0. The first-order valence-corrected chi connectivity index (χ1v) is 10.8. The SMILES string of the molecule is NC(=O)C1=CC(c2ncccn2)(c2c3c(CO)cncc3nn2-c2ccccc2)C(C(F)(F)F)C=C1. The van der Waals surface area contributed by atoms with Gasteiger partial charge in [0.2, 0.25) is 5.91 Å². The molecule has 3 N–H and O–H groups in total. The monoisotopic (exact) mass is 492 g/mol. The molecule has 0 fully saturated rings. The number of aromatic nitrogens is 5. The summed E-state index contributed by atoms with van der Waals surface area (Å²) in [5, 5.41) is 14.9. The number of amides is 1. The number of pyridine rings is 1. The van der Waals surface area contributed by atoms with Crippen LogP contribution in [0.5, 0.6) is 0 Å². The van der Waals surface area contributed by atoms with E-state index >= 15 is 0 Å². The van der Waals surface area contributed by atoms with Gasteiger partial charge in [0.25, 0.3) is 0 Å². The van der Waals surface area contributed by atoms with Crippen molar-refractivity contribution in [2.45, 2.75) is 18.2 Å². The largest absolute Gasteiger partial charge is 0.396 e. The normalized spacial score (nSPS) is 19.9.